The third-order valence-electron chi connectivity index (χ3n) is 3.85. The van der Waals surface area contributed by atoms with Gasteiger partial charge in [0, 0.05) is 22.4 Å². The van der Waals surface area contributed by atoms with Gasteiger partial charge < -0.3 is 4.74 Å². The summed E-state index contributed by atoms with van der Waals surface area (Å²) in [6, 6.07) is 10.2. The summed E-state index contributed by atoms with van der Waals surface area (Å²) in [5.41, 5.74) is 4.87. The van der Waals surface area contributed by atoms with E-state index in [1.807, 2.05) is 18.2 Å². The molecule has 0 bridgehead atoms. The molecule has 1 aliphatic heterocycles. The van der Waals surface area contributed by atoms with Gasteiger partial charge >= 0.3 is 0 Å². The van der Waals surface area contributed by atoms with E-state index < -0.39 is 0 Å². The van der Waals surface area contributed by atoms with Crippen LogP contribution in [0.4, 0.5) is 0 Å². The monoisotopic (exact) mass is 335 g/mol. The molecular weight excluding hydrogens is 318 g/mol. The van der Waals surface area contributed by atoms with Gasteiger partial charge in [0.1, 0.15) is 0 Å². The maximum atomic E-state index is 5.78. The van der Waals surface area contributed by atoms with Crippen molar-refractivity contribution in [1.29, 1.82) is 0 Å². The Morgan fingerprint density at radius 1 is 1.40 bits per heavy atom. The maximum absolute atomic E-state index is 5.78. The summed E-state index contributed by atoms with van der Waals surface area (Å²) in [7, 11) is 0. The lowest BCUT2D eigenvalue weighted by Crippen LogP contribution is -2.38. The van der Waals surface area contributed by atoms with Gasteiger partial charge in [-0.05, 0) is 40.9 Å². The second-order valence-electron chi connectivity index (χ2n) is 5.17. The van der Waals surface area contributed by atoms with Crippen LogP contribution in [-0.4, -0.2) is 18.2 Å². The lowest BCUT2D eigenvalue weighted by molar-refractivity contribution is 0.0383. The molecule has 0 saturated carbocycles. The molecule has 0 spiro atoms. The number of rotatable bonds is 3. The van der Waals surface area contributed by atoms with Gasteiger partial charge in [-0.3, -0.25) is 11.3 Å². The first kappa shape index (κ1) is 13.9. The number of hydrogen-bond acceptors (Lipinski definition) is 4. The van der Waals surface area contributed by atoms with Crippen molar-refractivity contribution in [3.8, 4) is 0 Å². The number of nitrogens with two attached hydrogens (primary N) is 1. The van der Waals surface area contributed by atoms with E-state index in [-0.39, 0.29) is 6.04 Å². The predicted molar refractivity (Wildman–Crippen MR) is 83.1 cm³/mol. The molecule has 2 heterocycles. The van der Waals surface area contributed by atoms with Gasteiger partial charge in [-0.1, -0.05) is 18.2 Å². The molecule has 4 nitrogen and oxygen atoms in total. The SMILES string of the molecule is NNC(c1nc2ccccc2cc1Br)C1CCCOC1. The number of nitrogens with one attached hydrogen (secondary N) is 1. The van der Waals surface area contributed by atoms with Crippen molar-refractivity contribution in [1.82, 2.24) is 10.4 Å². The van der Waals surface area contributed by atoms with Gasteiger partial charge in [0.25, 0.3) is 0 Å². The summed E-state index contributed by atoms with van der Waals surface area (Å²) >= 11 is 3.63. The van der Waals surface area contributed by atoms with Crippen molar-refractivity contribution in [3.63, 3.8) is 0 Å². The zero-order valence-corrected chi connectivity index (χ0v) is 12.8. The number of hydrazine groups is 1. The van der Waals surface area contributed by atoms with E-state index in [4.69, 9.17) is 15.6 Å². The highest BCUT2D eigenvalue weighted by atomic mass is 79.9. The van der Waals surface area contributed by atoms with E-state index in [0.717, 1.165) is 47.1 Å². The molecule has 1 saturated heterocycles. The lowest BCUT2D eigenvalue weighted by atomic mass is 9.91. The number of nitrogens with zero attached hydrogens (tertiary/aromatic N) is 1. The third-order valence-corrected chi connectivity index (χ3v) is 4.48. The molecule has 0 radical (unpaired) electrons. The number of hydrogen-bond donors (Lipinski definition) is 2. The number of aromatic nitrogens is 1. The van der Waals surface area contributed by atoms with Crippen molar-refractivity contribution < 1.29 is 4.74 Å². The summed E-state index contributed by atoms with van der Waals surface area (Å²) in [6.45, 7) is 1.58. The normalized spacial score (nSPS) is 21.0. The number of pyridine rings is 1. The van der Waals surface area contributed by atoms with Crippen molar-refractivity contribution in [2.24, 2.45) is 11.8 Å². The fourth-order valence-electron chi connectivity index (χ4n) is 2.79. The highest BCUT2D eigenvalue weighted by molar-refractivity contribution is 9.10. The van der Waals surface area contributed by atoms with Crippen LogP contribution in [0, 0.1) is 5.92 Å². The van der Waals surface area contributed by atoms with E-state index in [2.05, 4.69) is 33.5 Å². The van der Waals surface area contributed by atoms with E-state index >= 15 is 0 Å². The second-order valence-corrected chi connectivity index (χ2v) is 6.02. The molecular formula is C15H18BrN3O. The predicted octanol–water partition coefficient (Wildman–Crippen LogP) is 2.93. The fraction of sp³-hybridized carbons (Fsp3) is 0.400. The third kappa shape index (κ3) is 2.72. The zero-order chi connectivity index (χ0) is 13.9. The molecule has 5 heteroatoms. The fourth-order valence-corrected chi connectivity index (χ4v) is 3.37. The summed E-state index contributed by atoms with van der Waals surface area (Å²) < 4.78 is 6.57. The Morgan fingerprint density at radius 2 is 2.25 bits per heavy atom. The van der Waals surface area contributed by atoms with Crippen LogP contribution < -0.4 is 11.3 Å². The highest BCUT2D eigenvalue weighted by Gasteiger charge is 2.27. The molecule has 106 valence electrons. The summed E-state index contributed by atoms with van der Waals surface area (Å²) in [4.78, 5) is 4.78. The minimum atomic E-state index is 0.00859. The van der Waals surface area contributed by atoms with Crippen LogP contribution in [0.25, 0.3) is 10.9 Å². The zero-order valence-electron chi connectivity index (χ0n) is 11.2. The minimum Gasteiger partial charge on any atom is -0.381 e. The van der Waals surface area contributed by atoms with Crippen molar-refractivity contribution >= 4 is 26.8 Å². The first-order chi connectivity index (χ1) is 9.79. The molecule has 1 aliphatic rings. The first-order valence-electron chi connectivity index (χ1n) is 6.88. The molecule has 0 amide bonds. The summed E-state index contributed by atoms with van der Waals surface area (Å²) in [5, 5.41) is 1.12. The average molecular weight is 336 g/mol. The number of halogens is 1. The Hall–Kier alpha value is -1.01. The van der Waals surface area contributed by atoms with E-state index in [1.54, 1.807) is 0 Å². The molecule has 20 heavy (non-hydrogen) atoms. The summed E-state index contributed by atoms with van der Waals surface area (Å²) in [5.74, 6) is 6.14. The van der Waals surface area contributed by atoms with Crippen molar-refractivity contribution in [3.05, 3.63) is 40.5 Å². The number of para-hydroxylation sites is 1. The molecule has 3 N–H and O–H groups in total. The minimum absolute atomic E-state index is 0.00859. The average Bonchev–Trinajstić information content (AvgIpc) is 2.49. The van der Waals surface area contributed by atoms with E-state index in [0.29, 0.717) is 5.92 Å². The van der Waals surface area contributed by atoms with E-state index in [1.165, 1.54) is 0 Å². The Kier molecular flexibility index (Phi) is 4.31. The van der Waals surface area contributed by atoms with Crippen LogP contribution in [0.2, 0.25) is 0 Å². The van der Waals surface area contributed by atoms with Crippen molar-refractivity contribution in [2.45, 2.75) is 18.9 Å². The van der Waals surface area contributed by atoms with E-state index in [9.17, 15) is 0 Å². The summed E-state index contributed by atoms with van der Waals surface area (Å²) in [6.07, 6.45) is 2.18. The van der Waals surface area contributed by atoms with Gasteiger partial charge in [0.2, 0.25) is 0 Å². The molecule has 2 unspecified atom stereocenters. The smallest absolute Gasteiger partial charge is 0.0739 e. The van der Waals surface area contributed by atoms with Crippen LogP contribution in [0.5, 0.6) is 0 Å². The standard InChI is InChI=1S/C15H18BrN3O/c16-12-8-10-4-1-2-6-13(10)18-15(12)14(19-17)11-5-3-7-20-9-11/h1-2,4,6,8,11,14,19H,3,5,7,9,17H2. The lowest BCUT2D eigenvalue weighted by Gasteiger charge is -2.30. The topological polar surface area (TPSA) is 60.2 Å². The van der Waals surface area contributed by atoms with Crippen LogP contribution in [0.1, 0.15) is 24.6 Å². The van der Waals surface area contributed by atoms with Crippen LogP contribution >= 0.6 is 15.9 Å². The molecule has 1 fully saturated rings. The first-order valence-corrected chi connectivity index (χ1v) is 7.68. The van der Waals surface area contributed by atoms with Gasteiger partial charge in [-0.15, -0.1) is 0 Å². The molecule has 2 aromatic rings. The van der Waals surface area contributed by atoms with Gasteiger partial charge in [0.05, 0.1) is 23.9 Å². The number of ether oxygens (including phenoxy) is 1. The Morgan fingerprint density at radius 3 is 3.00 bits per heavy atom. The van der Waals surface area contributed by atoms with Gasteiger partial charge in [-0.2, -0.15) is 0 Å². The molecule has 2 atom stereocenters. The second kappa shape index (κ2) is 6.18. The quantitative estimate of drug-likeness (QED) is 0.668. The molecule has 1 aromatic carbocycles. The van der Waals surface area contributed by atoms with Gasteiger partial charge in [-0.25, -0.2) is 4.98 Å². The number of fused-ring (bicyclic) bond motifs is 1. The Labute approximate surface area is 126 Å². The van der Waals surface area contributed by atoms with Crippen LogP contribution in [-0.2, 0) is 4.74 Å². The highest BCUT2D eigenvalue weighted by Crippen LogP contribution is 2.33. The van der Waals surface area contributed by atoms with Crippen LogP contribution in [0.15, 0.2) is 34.8 Å². The molecule has 3 rings (SSSR count). The largest absolute Gasteiger partial charge is 0.381 e. The maximum Gasteiger partial charge on any atom is 0.0739 e. The molecule has 0 aliphatic carbocycles. The van der Waals surface area contributed by atoms with Gasteiger partial charge in [0.15, 0.2) is 0 Å². The Balaban J connectivity index is 1.99. The van der Waals surface area contributed by atoms with Crippen molar-refractivity contribution in [2.75, 3.05) is 13.2 Å². The number of benzene rings is 1. The van der Waals surface area contributed by atoms with Crippen LogP contribution in [0.3, 0.4) is 0 Å². The molecule has 1 aromatic heterocycles. The Bertz CT molecular complexity index is 599.